The molecule has 156 valence electrons. The molecule has 0 fully saturated rings. The van der Waals surface area contributed by atoms with E-state index in [9.17, 15) is 13.2 Å². The summed E-state index contributed by atoms with van der Waals surface area (Å²) in [6.07, 6.45) is 0. The van der Waals surface area contributed by atoms with Crippen molar-refractivity contribution in [3.8, 4) is 0 Å². The van der Waals surface area contributed by atoms with Crippen molar-refractivity contribution in [2.24, 2.45) is 4.99 Å². The molecule has 0 aromatic carbocycles. The number of nitrogens with zero attached hydrogens (tertiary/aromatic N) is 2. The van der Waals surface area contributed by atoms with E-state index in [1.54, 1.807) is 20.8 Å². The Balaban J connectivity index is 0.00000676. The summed E-state index contributed by atoms with van der Waals surface area (Å²) < 4.78 is 28.2. The van der Waals surface area contributed by atoms with Crippen molar-refractivity contribution < 1.29 is 17.9 Å². The molecule has 1 atom stereocenters. The Bertz CT molecular complexity index is 735. The first-order chi connectivity index (χ1) is 12.2. The van der Waals surface area contributed by atoms with Gasteiger partial charge in [0.05, 0.1) is 30.6 Å². The third kappa shape index (κ3) is 8.73. The van der Waals surface area contributed by atoms with Crippen LogP contribution in [0.25, 0.3) is 0 Å². The summed E-state index contributed by atoms with van der Waals surface area (Å²) in [5.74, 6) is 0.263. The van der Waals surface area contributed by atoms with Gasteiger partial charge in [0.2, 0.25) is 0 Å². The number of ether oxygens (including phenoxy) is 1. The molecule has 11 heteroatoms. The zero-order valence-electron chi connectivity index (χ0n) is 16.4. The largest absolute Gasteiger partial charge is 0.462 e. The van der Waals surface area contributed by atoms with E-state index in [4.69, 9.17) is 4.74 Å². The van der Waals surface area contributed by atoms with Gasteiger partial charge in [0.15, 0.2) is 15.8 Å². The number of esters is 1. The van der Waals surface area contributed by atoms with E-state index in [0.29, 0.717) is 29.7 Å². The standard InChI is InChI=1S/C16H28N4O4S2.HI/c1-6-17-16(18-9-10-26(22,23)8-3)20-12(5)14-19-11(4)13(25-14)15(21)24-7-2;/h12H,6-10H2,1-5H3,(H2,17,18,20);1H. The Hall–Kier alpha value is -0.950. The third-order valence-electron chi connectivity index (χ3n) is 3.45. The molecule has 0 bridgehead atoms. The van der Waals surface area contributed by atoms with E-state index in [2.05, 4.69) is 20.6 Å². The Morgan fingerprint density at radius 1 is 1.33 bits per heavy atom. The van der Waals surface area contributed by atoms with Crippen LogP contribution in [0.5, 0.6) is 0 Å². The second-order valence-corrected chi connectivity index (χ2v) is 9.05. The van der Waals surface area contributed by atoms with Crippen molar-refractivity contribution in [2.75, 3.05) is 31.2 Å². The average Bonchev–Trinajstić information content (AvgIpc) is 2.97. The topological polar surface area (TPSA) is 110 Å². The molecular formula is C16H29IN4O4S2. The molecule has 27 heavy (non-hydrogen) atoms. The predicted molar refractivity (Wildman–Crippen MR) is 120 cm³/mol. The number of aromatic nitrogens is 1. The fourth-order valence-corrected chi connectivity index (χ4v) is 3.64. The van der Waals surface area contributed by atoms with Gasteiger partial charge in [0.1, 0.15) is 9.88 Å². The van der Waals surface area contributed by atoms with Gasteiger partial charge < -0.3 is 15.4 Å². The van der Waals surface area contributed by atoms with Crippen LogP contribution in [0.3, 0.4) is 0 Å². The maximum absolute atomic E-state index is 11.9. The Morgan fingerprint density at radius 3 is 2.56 bits per heavy atom. The Kier molecular flexibility index (Phi) is 12.1. The van der Waals surface area contributed by atoms with Gasteiger partial charge in [-0.2, -0.15) is 0 Å². The minimum absolute atomic E-state index is 0. The van der Waals surface area contributed by atoms with Crippen LogP contribution >= 0.6 is 35.3 Å². The first-order valence-corrected chi connectivity index (χ1v) is 11.3. The molecular weight excluding hydrogens is 503 g/mol. The SMILES string of the molecule is CCNC(=NCCS(=O)(=O)CC)NC(C)c1nc(C)c(C(=O)OCC)s1.I. The van der Waals surface area contributed by atoms with Gasteiger partial charge in [0.25, 0.3) is 0 Å². The van der Waals surface area contributed by atoms with E-state index in [1.165, 1.54) is 11.3 Å². The monoisotopic (exact) mass is 532 g/mol. The second kappa shape index (κ2) is 12.5. The summed E-state index contributed by atoms with van der Waals surface area (Å²) in [6, 6.07) is -0.192. The van der Waals surface area contributed by atoms with Crippen molar-refractivity contribution in [2.45, 2.75) is 40.7 Å². The minimum atomic E-state index is -3.05. The molecule has 1 unspecified atom stereocenters. The molecule has 1 rings (SSSR count). The number of carbonyl (C=O) groups is 1. The van der Waals surface area contributed by atoms with Crippen molar-refractivity contribution in [1.82, 2.24) is 15.6 Å². The normalized spacial score (nSPS) is 12.9. The number of guanidine groups is 1. The first kappa shape index (κ1) is 26.1. The summed E-state index contributed by atoms with van der Waals surface area (Å²) in [5.41, 5.74) is 0.632. The number of nitrogens with one attached hydrogen (secondary N) is 2. The zero-order valence-corrected chi connectivity index (χ0v) is 20.3. The van der Waals surface area contributed by atoms with Gasteiger partial charge in [-0.1, -0.05) is 6.92 Å². The number of carbonyl (C=O) groups excluding carboxylic acids is 1. The number of sulfone groups is 1. The van der Waals surface area contributed by atoms with Crippen molar-refractivity contribution in [1.29, 1.82) is 0 Å². The number of aryl methyl sites for hydroxylation is 1. The maximum Gasteiger partial charge on any atom is 0.350 e. The maximum atomic E-state index is 11.9. The second-order valence-electron chi connectivity index (χ2n) is 5.55. The number of hydrogen-bond donors (Lipinski definition) is 2. The van der Waals surface area contributed by atoms with E-state index < -0.39 is 9.84 Å². The fourth-order valence-electron chi connectivity index (χ4n) is 2.02. The predicted octanol–water partition coefficient (Wildman–Crippen LogP) is 2.30. The molecule has 8 nitrogen and oxygen atoms in total. The molecule has 0 aliphatic heterocycles. The number of rotatable bonds is 9. The van der Waals surface area contributed by atoms with Crippen LogP contribution in [0.2, 0.25) is 0 Å². The molecule has 1 aromatic rings. The highest BCUT2D eigenvalue weighted by Gasteiger charge is 2.20. The summed E-state index contributed by atoms with van der Waals surface area (Å²) in [4.78, 5) is 21.2. The van der Waals surface area contributed by atoms with E-state index in [0.717, 1.165) is 5.01 Å². The van der Waals surface area contributed by atoms with Crippen molar-refractivity contribution >= 4 is 57.1 Å². The lowest BCUT2D eigenvalue weighted by Gasteiger charge is -2.16. The lowest BCUT2D eigenvalue weighted by molar-refractivity contribution is 0.0531. The van der Waals surface area contributed by atoms with Crippen LogP contribution in [-0.2, 0) is 14.6 Å². The molecule has 0 radical (unpaired) electrons. The molecule has 1 heterocycles. The highest BCUT2D eigenvalue weighted by Crippen LogP contribution is 2.24. The van der Waals surface area contributed by atoms with Gasteiger partial charge in [-0.05, 0) is 27.7 Å². The number of hydrogen-bond acceptors (Lipinski definition) is 7. The molecule has 0 spiro atoms. The average molecular weight is 532 g/mol. The van der Waals surface area contributed by atoms with E-state index in [1.807, 2.05) is 13.8 Å². The highest BCUT2D eigenvalue weighted by molar-refractivity contribution is 14.0. The quantitative estimate of drug-likeness (QED) is 0.217. The van der Waals surface area contributed by atoms with E-state index >= 15 is 0 Å². The molecule has 1 aromatic heterocycles. The molecule has 0 aliphatic rings. The van der Waals surface area contributed by atoms with Crippen LogP contribution in [0.1, 0.15) is 54.1 Å². The Labute approximate surface area is 182 Å². The third-order valence-corrected chi connectivity index (χ3v) is 6.46. The van der Waals surface area contributed by atoms with Crippen molar-refractivity contribution in [3.63, 3.8) is 0 Å². The van der Waals surface area contributed by atoms with Crippen LogP contribution in [-0.4, -0.2) is 56.5 Å². The smallest absolute Gasteiger partial charge is 0.350 e. The Morgan fingerprint density at radius 2 is 2.00 bits per heavy atom. The lowest BCUT2D eigenvalue weighted by Crippen LogP contribution is -2.39. The van der Waals surface area contributed by atoms with E-state index in [-0.39, 0.29) is 54.0 Å². The van der Waals surface area contributed by atoms with Gasteiger partial charge in [-0.15, -0.1) is 35.3 Å². The lowest BCUT2D eigenvalue weighted by atomic mass is 10.3. The summed E-state index contributed by atoms with van der Waals surface area (Å²) in [6.45, 7) is 10.1. The summed E-state index contributed by atoms with van der Waals surface area (Å²) in [7, 11) is -3.05. The molecule has 0 saturated heterocycles. The number of thiazole rings is 1. The minimum Gasteiger partial charge on any atom is -0.462 e. The number of halogens is 1. The fraction of sp³-hybridized carbons (Fsp3) is 0.688. The summed E-state index contributed by atoms with van der Waals surface area (Å²) >= 11 is 1.28. The summed E-state index contributed by atoms with van der Waals surface area (Å²) in [5, 5.41) is 7.00. The van der Waals surface area contributed by atoms with Gasteiger partial charge in [-0.25, -0.2) is 18.2 Å². The first-order valence-electron chi connectivity index (χ1n) is 8.63. The number of aliphatic imine (C=N–C) groups is 1. The zero-order chi connectivity index (χ0) is 19.7. The van der Waals surface area contributed by atoms with Crippen LogP contribution in [0, 0.1) is 6.92 Å². The van der Waals surface area contributed by atoms with Crippen LogP contribution in [0.15, 0.2) is 4.99 Å². The van der Waals surface area contributed by atoms with Crippen molar-refractivity contribution in [3.05, 3.63) is 15.6 Å². The van der Waals surface area contributed by atoms with Crippen LogP contribution < -0.4 is 10.6 Å². The van der Waals surface area contributed by atoms with Gasteiger partial charge in [-0.3, -0.25) is 4.99 Å². The highest BCUT2D eigenvalue weighted by atomic mass is 127. The van der Waals surface area contributed by atoms with Crippen LogP contribution in [0.4, 0.5) is 0 Å². The molecule has 2 N–H and O–H groups in total. The molecule has 0 aliphatic carbocycles. The molecule has 0 saturated carbocycles. The molecule has 0 amide bonds. The van der Waals surface area contributed by atoms with Gasteiger partial charge in [0, 0.05) is 12.3 Å². The van der Waals surface area contributed by atoms with Gasteiger partial charge >= 0.3 is 5.97 Å².